The van der Waals surface area contributed by atoms with Gasteiger partial charge in [-0.3, -0.25) is 19.7 Å². The molecular formula is C38H65NO3. The van der Waals surface area contributed by atoms with Crippen molar-refractivity contribution in [3.63, 3.8) is 0 Å². The van der Waals surface area contributed by atoms with Gasteiger partial charge in [0.25, 0.3) is 0 Å². The van der Waals surface area contributed by atoms with Gasteiger partial charge in [-0.1, -0.05) is 167 Å². The summed E-state index contributed by atoms with van der Waals surface area (Å²) < 4.78 is 0. The number of Topliss-reactive ketones (excluding diaryl/α,β-unsaturated/α-hetero) is 3. The van der Waals surface area contributed by atoms with Gasteiger partial charge in [0.2, 0.25) is 0 Å². The molecule has 0 heterocycles. The second-order valence-corrected chi connectivity index (χ2v) is 12.5. The van der Waals surface area contributed by atoms with E-state index in [2.05, 4.69) is 26.1 Å². The third kappa shape index (κ3) is 16.1. The molecule has 0 spiro atoms. The molecule has 0 saturated heterocycles. The van der Waals surface area contributed by atoms with Crippen LogP contribution in [0.1, 0.15) is 180 Å². The average Bonchev–Trinajstić information content (AvgIpc) is 3.00. The summed E-state index contributed by atoms with van der Waals surface area (Å²) >= 11 is 0. The van der Waals surface area contributed by atoms with Crippen molar-refractivity contribution in [1.82, 2.24) is 5.32 Å². The highest BCUT2D eigenvalue weighted by Gasteiger charge is 2.49. The highest BCUT2D eigenvalue weighted by molar-refractivity contribution is 6.29. The Bertz CT molecular complexity index is 745. The Morgan fingerprint density at radius 1 is 0.476 bits per heavy atom. The first-order chi connectivity index (χ1) is 20.5. The van der Waals surface area contributed by atoms with Crippen LogP contribution in [-0.4, -0.2) is 22.9 Å². The first-order valence-corrected chi connectivity index (χ1v) is 17.9. The molecule has 0 fully saturated rings. The number of rotatable bonds is 30. The zero-order chi connectivity index (χ0) is 30.7. The molecule has 0 aliphatic carbocycles. The summed E-state index contributed by atoms with van der Waals surface area (Å²) in [5.74, 6) is -0.603. The summed E-state index contributed by atoms with van der Waals surface area (Å²) in [6, 6.07) is 9.85. The van der Waals surface area contributed by atoms with Crippen LogP contribution in [0, 0.1) is 0 Å². The Labute approximate surface area is 259 Å². The van der Waals surface area contributed by atoms with E-state index in [4.69, 9.17) is 0 Å². The van der Waals surface area contributed by atoms with E-state index in [1.807, 2.05) is 30.3 Å². The molecule has 42 heavy (non-hydrogen) atoms. The zero-order valence-corrected chi connectivity index (χ0v) is 27.8. The molecular weight excluding hydrogens is 518 g/mol. The molecule has 4 nitrogen and oxygen atoms in total. The maximum absolute atomic E-state index is 14.0. The molecule has 1 N–H and O–H groups in total. The summed E-state index contributed by atoms with van der Waals surface area (Å²) in [5, 5.41) is 3.31. The van der Waals surface area contributed by atoms with Crippen molar-refractivity contribution < 1.29 is 14.4 Å². The lowest BCUT2D eigenvalue weighted by Gasteiger charge is -2.31. The Morgan fingerprint density at radius 2 is 0.786 bits per heavy atom. The molecule has 1 rings (SSSR count). The highest BCUT2D eigenvalue weighted by atomic mass is 16.2. The van der Waals surface area contributed by atoms with Gasteiger partial charge in [0.1, 0.15) is 0 Å². The maximum atomic E-state index is 14.0. The molecule has 1 aromatic carbocycles. The monoisotopic (exact) mass is 583 g/mol. The van der Waals surface area contributed by atoms with E-state index in [-0.39, 0.29) is 17.3 Å². The first kappa shape index (κ1) is 38.2. The van der Waals surface area contributed by atoms with Gasteiger partial charge in [-0.05, 0) is 24.8 Å². The number of ketones is 3. The smallest absolute Gasteiger partial charge is 0.195 e. The van der Waals surface area contributed by atoms with Gasteiger partial charge in [0.05, 0.1) is 0 Å². The maximum Gasteiger partial charge on any atom is 0.195 e. The van der Waals surface area contributed by atoms with Crippen molar-refractivity contribution in [2.45, 2.75) is 187 Å². The fourth-order valence-corrected chi connectivity index (χ4v) is 5.88. The van der Waals surface area contributed by atoms with Crippen LogP contribution in [0.25, 0.3) is 0 Å². The van der Waals surface area contributed by atoms with E-state index in [0.717, 1.165) is 63.4 Å². The number of carbonyl (C=O) groups is 3. The van der Waals surface area contributed by atoms with Gasteiger partial charge in [-0.25, -0.2) is 0 Å². The summed E-state index contributed by atoms with van der Waals surface area (Å²) in [5.41, 5.74) is -0.722. The third-order valence-corrected chi connectivity index (χ3v) is 8.68. The highest BCUT2D eigenvalue weighted by Crippen LogP contribution is 2.24. The molecule has 0 radical (unpaired) electrons. The second kappa shape index (κ2) is 25.7. The standard InChI is InChI=1S/C38H65NO3/c1-4-7-10-13-16-19-25-30-35(40)38(39-33-34-28-23-22-24-29-34,36(41)31-26-20-17-14-11-8-5-2)37(42)32-27-21-18-15-12-9-6-3/h22-24,28-29,39H,4-21,25-27,30-33H2,1-3H3. The molecule has 1 aromatic rings. The Balaban J connectivity index is 2.99. The molecule has 0 aromatic heterocycles. The molecule has 4 heteroatoms. The normalized spacial score (nSPS) is 11.6. The minimum atomic E-state index is -1.71. The van der Waals surface area contributed by atoms with Crippen molar-refractivity contribution in [1.29, 1.82) is 0 Å². The van der Waals surface area contributed by atoms with E-state index >= 15 is 0 Å². The topological polar surface area (TPSA) is 63.2 Å². The predicted molar refractivity (Wildman–Crippen MR) is 179 cm³/mol. The minimum Gasteiger partial charge on any atom is -0.297 e. The van der Waals surface area contributed by atoms with Crippen LogP contribution in [0.4, 0.5) is 0 Å². The van der Waals surface area contributed by atoms with E-state index in [1.165, 1.54) is 77.0 Å². The van der Waals surface area contributed by atoms with Crippen LogP contribution >= 0.6 is 0 Å². The van der Waals surface area contributed by atoms with Crippen LogP contribution in [0.3, 0.4) is 0 Å². The SMILES string of the molecule is CCCCCCCCCC(=O)C(NCc1ccccc1)(C(=O)CCCCCCCCC)C(=O)CCCCCCCCC. The largest absolute Gasteiger partial charge is 0.297 e. The number of nitrogens with one attached hydrogen (secondary N) is 1. The van der Waals surface area contributed by atoms with Crippen molar-refractivity contribution >= 4 is 17.3 Å². The van der Waals surface area contributed by atoms with Crippen LogP contribution in [0.2, 0.25) is 0 Å². The van der Waals surface area contributed by atoms with Gasteiger partial charge in [-0.2, -0.15) is 0 Å². The predicted octanol–water partition coefficient (Wildman–Crippen LogP) is 10.6. The molecule has 240 valence electrons. The molecule has 0 bridgehead atoms. The van der Waals surface area contributed by atoms with Gasteiger partial charge in [0.15, 0.2) is 22.9 Å². The van der Waals surface area contributed by atoms with Gasteiger partial charge >= 0.3 is 0 Å². The van der Waals surface area contributed by atoms with E-state index in [1.54, 1.807) is 0 Å². The molecule has 0 saturated carbocycles. The number of carbonyl (C=O) groups excluding carboxylic acids is 3. The second-order valence-electron chi connectivity index (χ2n) is 12.5. The van der Waals surface area contributed by atoms with Crippen molar-refractivity contribution in [3.8, 4) is 0 Å². The lowest BCUT2D eigenvalue weighted by Crippen LogP contribution is -2.63. The van der Waals surface area contributed by atoms with Crippen LogP contribution in [0.5, 0.6) is 0 Å². The van der Waals surface area contributed by atoms with Gasteiger partial charge in [0, 0.05) is 25.8 Å². The molecule has 0 unspecified atom stereocenters. The summed E-state index contributed by atoms with van der Waals surface area (Å²) in [4.78, 5) is 42.0. The van der Waals surface area contributed by atoms with Gasteiger partial charge < -0.3 is 0 Å². The van der Waals surface area contributed by atoms with Crippen LogP contribution < -0.4 is 5.32 Å². The average molecular weight is 584 g/mol. The van der Waals surface area contributed by atoms with Crippen LogP contribution in [-0.2, 0) is 20.9 Å². The van der Waals surface area contributed by atoms with E-state index in [9.17, 15) is 14.4 Å². The quantitative estimate of drug-likeness (QED) is 0.0722. The van der Waals surface area contributed by atoms with E-state index in [0.29, 0.717) is 25.8 Å². The Hall–Kier alpha value is -1.81. The number of unbranched alkanes of at least 4 members (excludes halogenated alkanes) is 18. The van der Waals surface area contributed by atoms with Crippen molar-refractivity contribution in [2.24, 2.45) is 0 Å². The Kier molecular flexibility index (Phi) is 23.4. The lowest BCUT2D eigenvalue weighted by atomic mass is 9.78. The Morgan fingerprint density at radius 3 is 1.12 bits per heavy atom. The molecule has 0 aliphatic rings. The zero-order valence-electron chi connectivity index (χ0n) is 27.8. The lowest BCUT2D eigenvalue weighted by molar-refractivity contribution is -0.144. The molecule has 0 amide bonds. The van der Waals surface area contributed by atoms with Gasteiger partial charge in [-0.15, -0.1) is 0 Å². The fourth-order valence-electron chi connectivity index (χ4n) is 5.88. The summed E-state index contributed by atoms with van der Waals surface area (Å²) in [7, 11) is 0. The van der Waals surface area contributed by atoms with Crippen molar-refractivity contribution in [2.75, 3.05) is 0 Å². The summed E-state index contributed by atoms with van der Waals surface area (Å²) in [6.45, 7) is 6.99. The fraction of sp³-hybridized carbons (Fsp3) is 0.763. The minimum absolute atomic E-state index is 0.201. The van der Waals surface area contributed by atoms with Crippen molar-refractivity contribution in [3.05, 3.63) is 35.9 Å². The number of benzene rings is 1. The first-order valence-electron chi connectivity index (χ1n) is 17.9. The molecule has 0 aliphatic heterocycles. The molecule has 0 atom stereocenters. The number of hydrogen-bond acceptors (Lipinski definition) is 4. The van der Waals surface area contributed by atoms with Crippen LogP contribution in [0.15, 0.2) is 30.3 Å². The van der Waals surface area contributed by atoms with E-state index < -0.39 is 5.54 Å². The third-order valence-electron chi connectivity index (χ3n) is 8.68. The number of hydrogen-bond donors (Lipinski definition) is 1. The summed E-state index contributed by atoms with van der Waals surface area (Å²) in [6.07, 6.45) is 24.1.